The smallest absolute Gasteiger partial charge is 0.223 e. The van der Waals surface area contributed by atoms with Crippen molar-refractivity contribution in [3.63, 3.8) is 0 Å². The number of nitrogens with one attached hydrogen (secondary N) is 1. The van der Waals surface area contributed by atoms with Gasteiger partial charge in [-0.3, -0.25) is 14.4 Å². The maximum absolute atomic E-state index is 12.6. The van der Waals surface area contributed by atoms with E-state index in [0.717, 1.165) is 16.7 Å². The summed E-state index contributed by atoms with van der Waals surface area (Å²) in [6, 6.07) is 10.4. The summed E-state index contributed by atoms with van der Waals surface area (Å²) in [7, 11) is 0. The molecule has 1 aliphatic heterocycles. The average molecular weight is 446 g/mol. The molecule has 2 aromatic rings. The van der Waals surface area contributed by atoms with Crippen LogP contribution in [0.3, 0.4) is 0 Å². The lowest BCUT2D eigenvalue weighted by Crippen LogP contribution is -2.42. The van der Waals surface area contributed by atoms with Crippen LogP contribution in [0.25, 0.3) is 0 Å². The van der Waals surface area contributed by atoms with Gasteiger partial charge in [0.2, 0.25) is 11.8 Å². The predicted molar refractivity (Wildman–Crippen MR) is 110 cm³/mol. The molecule has 0 spiro atoms. The third-order valence-corrected chi connectivity index (χ3v) is 5.66. The summed E-state index contributed by atoms with van der Waals surface area (Å²) in [5, 5.41) is 2.70. The van der Waals surface area contributed by atoms with E-state index in [4.69, 9.17) is 0 Å². The fourth-order valence-corrected chi connectivity index (χ4v) is 3.79. The van der Waals surface area contributed by atoms with E-state index in [-0.39, 0.29) is 36.5 Å². The van der Waals surface area contributed by atoms with Crippen LogP contribution in [-0.4, -0.2) is 39.7 Å². The Kier molecular flexibility index (Phi) is 6.34. The minimum absolute atomic E-state index is 0.00258. The molecular formula is C21H24BrN3O3. The first-order valence-electron chi connectivity index (χ1n) is 9.40. The van der Waals surface area contributed by atoms with E-state index >= 15 is 0 Å². The van der Waals surface area contributed by atoms with Crippen molar-refractivity contribution in [1.29, 1.82) is 0 Å². The topological polar surface area (TPSA) is 71.4 Å². The number of rotatable bonds is 6. The molecule has 148 valence electrons. The molecule has 2 atom stereocenters. The molecule has 1 aromatic heterocycles. The zero-order valence-electron chi connectivity index (χ0n) is 16.0. The number of hydrogen-bond donors (Lipinski definition) is 1. The largest absolute Gasteiger partial charge is 0.348 e. The normalized spacial score (nSPS) is 17.0. The van der Waals surface area contributed by atoms with Crippen molar-refractivity contribution in [2.45, 2.75) is 45.3 Å². The number of carbonyl (C=O) groups excluding carboxylic acids is 3. The number of nitrogens with zero attached hydrogens (tertiary/aromatic N) is 2. The molecule has 1 N–H and O–H groups in total. The number of ketones is 1. The standard InChI is InChI=1S/C21H24BrN3O3/c1-14(21(28)16-5-7-17(22)8-6-16)23-19(26)9-10-20(27)25-13-12-24-11-3-4-18(24)15(25)2/h3-8,11,14-15H,9-10,12-13H2,1-2H3,(H,23,26). The van der Waals surface area contributed by atoms with Crippen LogP contribution in [-0.2, 0) is 16.1 Å². The van der Waals surface area contributed by atoms with Crippen molar-refractivity contribution in [3.8, 4) is 0 Å². The van der Waals surface area contributed by atoms with Crippen molar-refractivity contribution >= 4 is 33.5 Å². The van der Waals surface area contributed by atoms with E-state index in [0.29, 0.717) is 12.1 Å². The molecule has 0 bridgehead atoms. The van der Waals surface area contributed by atoms with Gasteiger partial charge in [0.05, 0.1) is 12.1 Å². The van der Waals surface area contributed by atoms with Crippen LogP contribution < -0.4 is 5.32 Å². The highest BCUT2D eigenvalue weighted by molar-refractivity contribution is 9.10. The van der Waals surface area contributed by atoms with Crippen molar-refractivity contribution < 1.29 is 14.4 Å². The molecule has 2 amide bonds. The molecule has 0 fully saturated rings. The summed E-state index contributed by atoms with van der Waals surface area (Å²) < 4.78 is 3.04. The van der Waals surface area contributed by atoms with E-state index in [9.17, 15) is 14.4 Å². The van der Waals surface area contributed by atoms with Crippen LogP contribution in [0.1, 0.15) is 48.8 Å². The molecule has 6 nitrogen and oxygen atoms in total. The quantitative estimate of drug-likeness (QED) is 0.693. The minimum atomic E-state index is -0.638. The Morgan fingerprint density at radius 1 is 1.14 bits per heavy atom. The predicted octanol–water partition coefficient (Wildman–Crippen LogP) is 3.32. The van der Waals surface area contributed by atoms with E-state index in [1.165, 1.54) is 0 Å². The van der Waals surface area contributed by atoms with Gasteiger partial charge in [0.15, 0.2) is 5.78 Å². The molecule has 0 saturated carbocycles. The molecule has 0 aliphatic carbocycles. The van der Waals surface area contributed by atoms with Crippen LogP contribution in [0.5, 0.6) is 0 Å². The van der Waals surface area contributed by atoms with Gasteiger partial charge in [-0.2, -0.15) is 0 Å². The lowest BCUT2D eigenvalue weighted by molar-refractivity contribution is -0.136. The first-order valence-corrected chi connectivity index (χ1v) is 10.2. The van der Waals surface area contributed by atoms with Crippen LogP contribution in [0.15, 0.2) is 47.1 Å². The number of aromatic nitrogens is 1. The zero-order valence-corrected chi connectivity index (χ0v) is 17.6. The van der Waals surface area contributed by atoms with Crippen molar-refractivity contribution in [3.05, 3.63) is 58.3 Å². The molecule has 0 radical (unpaired) electrons. The highest BCUT2D eigenvalue weighted by Crippen LogP contribution is 2.26. The molecule has 1 aliphatic rings. The SMILES string of the molecule is CC(NC(=O)CCC(=O)N1CCn2cccc2C1C)C(=O)c1ccc(Br)cc1. The Balaban J connectivity index is 1.49. The van der Waals surface area contributed by atoms with Gasteiger partial charge in [-0.1, -0.05) is 28.1 Å². The first-order chi connectivity index (χ1) is 13.4. The maximum atomic E-state index is 12.6. The number of halogens is 1. The number of Topliss-reactive ketones (excluding diaryl/α,β-unsaturated/α-hetero) is 1. The second-order valence-electron chi connectivity index (χ2n) is 7.05. The first kappa shape index (κ1) is 20.3. The van der Waals surface area contributed by atoms with Gasteiger partial charge in [0.25, 0.3) is 0 Å². The summed E-state index contributed by atoms with van der Waals surface area (Å²) in [6.45, 7) is 5.07. The molecule has 28 heavy (non-hydrogen) atoms. The van der Waals surface area contributed by atoms with Gasteiger partial charge >= 0.3 is 0 Å². The maximum Gasteiger partial charge on any atom is 0.223 e. The number of hydrogen-bond acceptors (Lipinski definition) is 3. The van der Waals surface area contributed by atoms with Gasteiger partial charge in [-0.25, -0.2) is 0 Å². The second-order valence-corrected chi connectivity index (χ2v) is 7.97. The Morgan fingerprint density at radius 3 is 2.57 bits per heavy atom. The monoisotopic (exact) mass is 445 g/mol. The number of carbonyl (C=O) groups is 3. The highest BCUT2D eigenvalue weighted by Gasteiger charge is 2.27. The van der Waals surface area contributed by atoms with E-state index in [2.05, 4.69) is 25.8 Å². The molecule has 2 heterocycles. The number of benzene rings is 1. The summed E-state index contributed by atoms with van der Waals surface area (Å²) in [5.74, 6) is -0.487. The third kappa shape index (κ3) is 4.52. The van der Waals surface area contributed by atoms with Gasteiger partial charge in [-0.15, -0.1) is 0 Å². The Bertz CT molecular complexity index is 875. The van der Waals surface area contributed by atoms with Crippen molar-refractivity contribution in [2.75, 3.05) is 6.54 Å². The van der Waals surface area contributed by atoms with Crippen LogP contribution >= 0.6 is 15.9 Å². The fourth-order valence-electron chi connectivity index (χ4n) is 3.53. The second kappa shape index (κ2) is 8.73. The van der Waals surface area contributed by atoms with E-state index < -0.39 is 6.04 Å². The number of amides is 2. The Hall–Kier alpha value is -2.41. The molecule has 1 aromatic carbocycles. The van der Waals surface area contributed by atoms with Crippen LogP contribution in [0, 0.1) is 0 Å². The van der Waals surface area contributed by atoms with Gasteiger partial charge in [-0.05, 0) is 38.1 Å². The molecule has 7 heteroatoms. The van der Waals surface area contributed by atoms with Crippen LogP contribution in [0.2, 0.25) is 0 Å². The third-order valence-electron chi connectivity index (χ3n) is 5.13. The number of fused-ring (bicyclic) bond motifs is 1. The molecule has 3 rings (SSSR count). The molecule has 0 saturated heterocycles. The Morgan fingerprint density at radius 2 is 1.86 bits per heavy atom. The van der Waals surface area contributed by atoms with Crippen LogP contribution in [0.4, 0.5) is 0 Å². The average Bonchev–Trinajstić information content (AvgIpc) is 3.16. The summed E-state index contributed by atoms with van der Waals surface area (Å²) in [6.07, 6.45) is 2.22. The summed E-state index contributed by atoms with van der Waals surface area (Å²) >= 11 is 3.33. The van der Waals surface area contributed by atoms with E-state index in [1.807, 2.05) is 30.2 Å². The van der Waals surface area contributed by atoms with Gasteiger partial charge in [0.1, 0.15) is 0 Å². The van der Waals surface area contributed by atoms with Crippen molar-refractivity contribution in [1.82, 2.24) is 14.8 Å². The summed E-state index contributed by atoms with van der Waals surface area (Å²) in [4.78, 5) is 39.0. The highest BCUT2D eigenvalue weighted by atomic mass is 79.9. The molecular weight excluding hydrogens is 422 g/mol. The van der Waals surface area contributed by atoms with Gasteiger partial charge < -0.3 is 14.8 Å². The van der Waals surface area contributed by atoms with E-state index in [1.54, 1.807) is 31.2 Å². The van der Waals surface area contributed by atoms with Gasteiger partial charge in [0, 0.05) is 47.9 Å². The lowest BCUT2D eigenvalue weighted by Gasteiger charge is -2.35. The zero-order chi connectivity index (χ0) is 20.3. The summed E-state index contributed by atoms with van der Waals surface area (Å²) in [5.41, 5.74) is 1.65. The minimum Gasteiger partial charge on any atom is -0.348 e. The van der Waals surface area contributed by atoms with Crippen molar-refractivity contribution in [2.24, 2.45) is 0 Å². The fraction of sp³-hybridized carbons (Fsp3) is 0.381. The Labute approximate surface area is 173 Å². The molecule has 2 unspecified atom stereocenters. The lowest BCUT2D eigenvalue weighted by atomic mass is 10.1.